The smallest absolute Gasteiger partial charge is 0.326 e. The molecule has 0 fully saturated rings. The van der Waals surface area contributed by atoms with E-state index in [1.807, 2.05) is 0 Å². The molecule has 3 atom stereocenters. The summed E-state index contributed by atoms with van der Waals surface area (Å²) in [6.07, 6.45) is -0.977. The standard InChI is InChI=1S/C17H30N8O8/c18-8(6-13(28)29)14(30)23-7-12(27)24-9(3-4-11(19)26)15(31)25-10(16(32)33)2-1-5-22-17(20)21/h8-10H,1-7,18H2,(H2,19,26)(H,23,30)(H,24,27)(H,25,31)(H,28,29)(H,32,33)(H4,20,21,22). The van der Waals surface area contributed by atoms with Gasteiger partial charge in [-0.05, 0) is 19.3 Å². The molecule has 3 unspecified atom stereocenters. The van der Waals surface area contributed by atoms with E-state index in [1.165, 1.54) is 0 Å². The molecule has 0 saturated heterocycles. The number of guanidine groups is 1. The summed E-state index contributed by atoms with van der Waals surface area (Å²) < 4.78 is 0. The first-order valence-corrected chi connectivity index (χ1v) is 9.74. The summed E-state index contributed by atoms with van der Waals surface area (Å²) in [5.74, 6) is -6.25. The number of nitrogens with zero attached hydrogens (tertiary/aromatic N) is 1. The second-order valence-corrected chi connectivity index (χ2v) is 6.90. The first kappa shape index (κ1) is 29.0. The van der Waals surface area contributed by atoms with Gasteiger partial charge in [0.25, 0.3) is 0 Å². The molecule has 16 heteroatoms. The minimum Gasteiger partial charge on any atom is -0.481 e. The van der Waals surface area contributed by atoms with Crippen molar-refractivity contribution < 1.29 is 39.0 Å². The minimum atomic E-state index is -1.39. The van der Waals surface area contributed by atoms with Crippen molar-refractivity contribution >= 4 is 41.5 Å². The van der Waals surface area contributed by atoms with Crippen LogP contribution >= 0.6 is 0 Å². The van der Waals surface area contributed by atoms with Gasteiger partial charge < -0.3 is 49.1 Å². The van der Waals surface area contributed by atoms with Crippen molar-refractivity contribution in [1.82, 2.24) is 16.0 Å². The number of carboxylic acid groups (broad SMARTS) is 2. The molecule has 0 aromatic rings. The number of rotatable bonds is 16. The molecule has 0 aliphatic rings. The lowest BCUT2D eigenvalue weighted by Crippen LogP contribution is -2.54. The van der Waals surface area contributed by atoms with Crippen LogP contribution in [0.25, 0.3) is 0 Å². The Labute approximate surface area is 188 Å². The fourth-order valence-corrected chi connectivity index (χ4v) is 2.41. The van der Waals surface area contributed by atoms with Gasteiger partial charge in [0.05, 0.1) is 19.0 Å². The molecule has 0 saturated carbocycles. The van der Waals surface area contributed by atoms with Crippen LogP contribution in [0.2, 0.25) is 0 Å². The van der Waals surface area contributed by atoms with E-state index < -0.39 is 66.7 Å². The highest BCUT2D eigenvalue weighted by Crippen LogP contribution is 2.03. The molecule has 33 heavy (non-hydrogen) atoms. The van der Waals surface area contributed by atoms with Crippen LogP contribution in [0.3, 0.4) is 0 Å². The van der Waals surface area contributed by atoms with Gasteiger partial charge in [0.2, 0.25) is 23.6 Å². The predicted octanol–water partition coefficient (Wildman–Crippen LogP) is -4.72. The molecule has 0 aliphatic heterocycles. The molecule has 0 rings (SSSR count). The van der Waals surface area contributed by atoms with Crippen molar-refractivity contribution in [3.05, 3.63) is 0 Å². The molecular formula is C17H30N8O8. The maximum atomic E-state index is 12.5. The van der Waals surface area contributed by atoms with Crippen molar-refractivity contribution in [2.75, 3.05) is 13.1 Å². The largest absolute Gasteiger partial charge is 0.481 e. The number of aliphatic carboxylic acids is 2. The van der Waals surface area contributed by atoms with Crippen molar-refractivity contribution in [3.8, 4) is 0 Å². The third kappa shape index (κ3) is 13.9. The lowest BCUT2D eigenvalue weighted by Gasteiger charge is -2.21. The average Bonchev–Trinajstić information content (AvgIpc) is 2.70. The second-order valence-electron chi connectivity index (χ2n) is 6.90. The van der Waals surface area contributed by atoms with E-state index in [2.05, 4.69) is 20.9 Å². The van der Waals surface area contributed by atoms with E-state index in [0.717, 1.165) is 0 Å². The monoisotopic (exact) mass is 474 g/mol. The average molecular weight is 474 g/mol. The molecule has 13 N–H and O–H groups in total. The van der Waals surface area contributed by atoms with Crippen molar-refractivity contribution in [2.24, 2.45) is 27.9 Å². The number of carbonyl (C=O) groups is 6. The highest BCUT2D eigenvalue weighted by molar-refractivity contribution is 5.93. The van der Waals surface area contributed by atoms with Gasteiger partial charge in [0.1, 0.15) is 12.1 Å². The number of primary amides is 1. The number of nitrogens with two attached hydrogens (primary N) is 4. The Balaban J connectivity index is 5.00. The first-order valence-electron chi connectivity index (χ1n) is 9.74. The molecular weight excluding hydrogens is 444 g/mol. The summed E-state index contributed by atoms with van der Waals surface area (Å²) in [5, 5.41) is 24.5. The SMILES string of the molecule is NC(=O)CCC(NC(=O)CNC(=O)C(N)CC(=O)O)C(=O)NC(CCCN=C(N)N)C(=O)O. The second kappa shape index (κ2) is 15.0. The molecule has 0 radical (unpaired) electrons. The number of aliphatic imine (C=N–C) groups is 1. The van der Waals surface area contributed by atoms with Crippen LogP contribution in [0.4, 0.5) is 0 Å². The Morgan fingerprint density at radius 3 is 2.03 bits per heavy atom. The maximum Gasteiger partial charge on any atom is 0.326 e. The first-order chi connectivity index (χ1) is 15.3. The highest BCUT2D eigenvalue weighted by atomic mass is 16.4. The zero-order chi connectivity index (χ0) is 25.6. The number of carbonyl (C=O) groups excluding carboxylic acids is 4. The van der Waals surface area contributed by atoms with E-state index >= 15 is 0 Å². The van der Waals surface area contributed by atoms with E-state index in [9.17, 15) is 33.9 Å². The molecule has 0 heterocycles. The molecule has 186 valence electrons. The fraction of sp³-hybridized carbons (Fsp3) is 0.588. The van der Waals surface area contributed by atoms with Gasteiger partial charge >= 0.3 is 11.9 Å². The van der Waals surface area contributed by atoms with Crippen LogP contribution in [-0.4, -0.2) is 83.0 Å². The third-order valence-electron chi connectivity index (χ3n) is 4.05. The molecule has 0 bridgehead atoms. The van der Waals surface area contributed by atoms with E-state index in [4.69, 9.17) is 28.0 Å². The van der Waals surface area contributed by atoms with Gasteiger partial charge in [0, 0.05) is 13.0 Å². The Morgan fingerprint density at radius 1 is 0.879 bits per heavy atom. The van der Waals surface area contributed by atoms with Crippen molar-refractivity contribution in [3.63, 3.8) is 0 Å². The van der Waals surface area contributed by atoms with Gasteiger partial charge in [-0.25, -0.2) is 4.79 Å². The number of hydrogen-bond acceptors (Lipinski definition) is 8. The van der Waals surface area contributed by atoms with Crippen LogP contribution in [0.5, 0.6) is 0 Å². The van der Waals surface area contributed by atoms with Crippen LogP contribution in [0, 0.1) is 0 Å². The summed E-state index contributed by atoms with van der Waals surface area (Å²) in [6.45, 7) is -0.513. The Hall–Kier alpha value is -3.95. The maximum absolute atomic E-state index is 12.5. The normalized spacial score (nSPS) is 13.0. The quantitative estimate of drug-likeness (QED) is 0.0581. The predicted molar refractivity (Wildman–Crippen MR) is 113 cm³/mol. The number of amides is 4. The van der Waals surface area contributed by atoms with Gasteiger partial charge in [0.15, 0.2) is 5.96 Å². The summed E-state index contributed by atoms with van der Waals surface area (Å²) in [5.41, 5.74) is 20.8. The molecule has 0 aromatic carbocycles. The Kier molecular flexibility index (Phi) is 13.2. The Bertz CT molecular complexity index is 768. The number of nitrogens with one attached hydrogen (secondary N) is 3. The van der Waals surface area contributed by atoms with Crippen molar-refractivity contribution in [2.45, 2.75) is 50.2 Å². The van der Waals surface area contributed by atoms with Gasteiger partial charge in [-0.1, -0.05) is 0 Å². The number of hydrogen-bond donors (Lipinski definition) is 9. The zero-order valence-corrected chi connectivity index (χ0v) is 17.8. The van der Waals surface area contributed by atoms with Crippen LogP contribution < -0.4 is 38.9 Å². The third-order valence-corrected chi connectivity index (χ3v) is 4.05. The molecule has 16 nitrogen and oxygen atoms in total. The summed E-state index contributed by atoms with van der Waals surface area (Å²) >= 11 is 0. The lowest BCUT2D eigenvalue weighted by molar-refractivity contribution is -0.142. The van der Waals surface area contributed by atoms with E-state index in [-0.39, 0.29) is 38.2 Å². The van der Waals surface area contributed by atoms with Crippen LogP contribution in [-0.2, 0) is 28.8 Å². The van der Waals surface area contributed by atoms with Crippen molar-refractivity contribution in [1.29, 1.82) is 0 Å². The lowest BCUT2D eigenvalue weighted by atomic mass is 10.1. The minimum absolute atomic E-state index is 0.0220. The summed E-state index contributed by atoms with van der Waals surface area (Å²) in [6, 6.07) is -4.05. The van der Waals surface area contributed by atoms with Gasteiger partial charge in [-0.15, -0.1) is 0 Å². The van der Waals surface area contributed by atoms with E-state index in [1.54, 1.807) is 0 Å². The Morgan fingerprint density at radius 2 is 1.52 bits per heavy atom. The molecule has 0 aromatic heterocycles. The zero-order valence-electron chi connectivity index (χ0n) is 17.8. The molecule has 4 amide bonds. The van der Waals surface area contributed by atoms with Gasteiger partial charge in [-0.2, -0.15) is 0 Å². The van der Waals surface area contributed by atoms with Gasteiger partial charge in [-0.3, -0.25) is 29.0 Å². The van der Waals surface area contributed by atoms with E-state index in [0.29, 0.717) is 0 Å². The van der Waals surface area contributed by atoms with Crippen LogP contribution in [0.1, 0.15) is 32.1 Å². The fourth-order valence-electron chi connectivity index (χ4n) is 2.41. The van der Waals surface area contributed by atoms with Crippen LogP contribution in [0.15, 0.2) is 4.99 Å². The number of carboxylic acids is 2. The topological polar surface area (TPSA) is 295 Å². The summed E-state index contributed by atoms with van der Waals surface area (Å²) in [4.78, 5) is 73.1. The highest BCUT2D eigenvalue weighted by Gasteiger charge is 2.27. The molecule has 0 spiro atoms. The molecule has 0 aliphatic carbocycles. The summed E-state index contributed by atoms with van der Waals surface area (Å²) in [7, 11) is 0.